The molecule has 1 aromatic carbocycles. The van der Waals surface area contributed by atoms with E-state index in [0.717, 1.165) is 6.54 Å². The fourth-order valence-electron chi connectivity index (χ4n) is 3.96. The molecule has 3 saturated heterocycles. The summed E-state index contributed by atoms with van der Waals surface area (Å²) in [5.41, 5.74) is 5.75. The molecule has 116 valence electrons. The van der Waals surface area contributed by atoms with Crippen molar-refractivity contribution >= 4 is 0 Å². The molecule has 3 heterocycles. The molecule has 0 spiro atoms. The van der Waals surface area contributed by atoms with Gasteiger partial charge in [0.05, 0.1) is 0 Å². The monoisotopic (exact) mass is 287 g/mol. The van der Waals surface area contributed by atoms with Crippen LogP contribution in [0.4, 0.5) is 0 Å². The summed E-state index contributed by atoms with van der Waals surface area (Å²) < 4.78 is 0. The average Bonchev–Trinajstić information content (AvgIpc) is 2.50. The highest BCUT2D eigenvalue weighted by molar-refractivity contribution is 5.39. The Kier molecular flexibility index (Phi) is 4.34. The van der Waals surface area contributed by atoms with Gasteiger partial charge in [-0.1, -0.05) is 19.1 Å². The zero-order valence-electron chi connectivity index (χ0n) is 13.9. The molecule has 2 unspecified atom stereocenters. The molecule has 3 aliphatic rings. The Labute approximate surface area is 129 Å². The molecule has 3 nitrogen and oxygen atoms in total. The van der Waals surface area contributed by atoms with Crippen LogP contribution < -0.4 is 5.32 Å². The van der Waals surface area contributed by atoms with Gasteiger partial charge >= 0.3 is 0 Å². The van der Waals surface area contributed by atoms with E-state index >= 15 is 0 Å². The maximum Gasteiger partial charge on any atom is 0.0493 e. The van der Waals surface area contributed by atoms with Crippen LogP contribution in [-0.4, -0.2) is 55.1 Å². The number of benzene rings is 1. The molecule has 1 N–H and O–H groups in total. The first-order chi connectivity index (χ1) is 10.1. The summed E-state index contributed by atoms with van der Waals surface area (Å²) in [4.78, 5) is 5.33. The summed E-state index contributed by atoms with van der Waals surface area (Å²) in [5, 5.41) is 3.77. The maximum absolute atomic E-state index is 3.77. The normalized spacial score (nSPS) is 29.6. The van der Waals surface area contributed by atoms with Crippen molar-refractivity contribution in [3.8, 4) is 0 Å². The Balaban J connectivity index is 1.93. The van der Waals surface area contributed by atoms with Gasteiger partial charge in [0.15, 0.2) is 0 Å². The van der Waals surface area contributed by atoms with E-state index < -0.39 is 0 Å². The highest BCUT2D eigenvalue weighted by Crippen LogP contribution is 2.30. The Morgan fingerprint density at radius 2 is 1.71 bits per heavy atom. The van der Waals surface area contributed by atoms with Crippen molar-refractivity contribution in [2.75, 3.05) is 39.3 Å². The van der Waals surface area contributed by atoms with Gasteiger partial charge in [-0.15, -0.1) is 0 Å². The van der Waals surface area contributed by atoms with Crippen LogP contribution in [0.5, 0.6) is 0 Å². The minimum Gasteiger partial charge on any atom is -0.309 e. The molecule has 3 aliphatic heterocycles. The third-order valence-corrected chi connectivity index (χ3v) is 5.35. The van der Waals surface area contributed by atoms with Crippen molar-refractivity contribution in [1.29, 1.82) is 0 Å². The second-order valence-corrected chi connectivity index (χ2v) is 6.73. The number of nitrogens with zero attached hydrogens (tertiary/aromatic N) is 2. The predicted molar refractivity (Wildman–Crippen MR) is 88.9 cm³/mol. The van der Waals surface area contributed by atoms with Gasteiger partial charge in [-0.2, -0.15) is 0 Å². The number of likely N-dealkylation sites (N-methyl/N-ethyl adjacent to an activating group) is 1. The first kappa shape index (κ1) is 15.0. The van der Waals surface area contributed by atoms with Crippen LogP contribution in [0.25, 0.3) is 0 Å². The van der Waals surface area contributed by atoms with Gasteiger partial charge in [-0.25, -0.2) is 0 Å². The number of fused-ring (bicyclic) bond motifs is 3. The molecule has 2 atom stereocenters. The Bertz CT molecular complexity index is 503. The topological polar surface area (TPSA) is 18.5 Å². The van der Waals surface area contributed by atoms with Gasteiger partial charge in [-0.05, 0) is 49.6 Å². The smallest absolute Gasteiger partial charge is 0.0493 e. The summed E-state index contributed by atoms with van der Waals surface area (Å²) in [6.07, 6.45) is 0. The van der Waals surface area contributed by atoms with E-state index in [1.807, 2.05) is 0 Å². The fourth-order valence-corrected chi connectivity index (χ4v) is 3.96. The molecule has 2 bridgehead atoms. The fraction of sp³-hybridized carbons (Fsp3) is 0.667. The van der Waals surface area contributed by atoms with Crippen molar-refractivity contribution < 1.29 is 0 Å². The van der Waals surface area contributed by atoms with E-state index in [2.05, 4.69) is 54.9 Å². The largest absolute Gasteiger partial charge is 0.309 e. The number of hydrogen-bond acceptors (Lipinski definition) is 3. The quantitative estimate of drug-likeness (QED) is 0.916. The second kappa shape index (κ2) is 6.07. The first-order valence-electron chi connectivity index (χ1n) is 8.37. The lowest BCUT2D eigenvalue weighted by Crippen LogP contribution is -2.64. The number of aryl methyl sites for hydroxylation is 3. The van der Waals surface area contributed by atoms with Crippen molar-refractivity contribution in [3.63, 3.8) is 0 Å². The third-order valence-electron chi connectivity index (χ3n) is 5.35. The van der Waals surface area contributed by atoms with E-state index in [-0.39, 0.29) is 0 Å². The SMILES string of the molecule is CCNC(c1cc(C)c(C)cc1C)C1CN2CCN1CC2. The molecule has 0 aromatic heterocycles. The number of nitrogens with one attached hydrogen (secondary N) is 1. The van der Waals surface area contributed by atoms with Gasteiger partial charge in [0.25, 0.3) is 0 Å². The molecule has 0 radical (unpaired) electrons. The molecule has 0 amide bonds. The summed E-state index contributed by atoms with van der Waals surface area (Å²) in [5.74, 6) is 0. The van der Waals surface area contributed by atoms with Crippen LogP contribution in [0.1, 0.15) is 35.2 Å². The molecule has 3 fully saturated rings. The minimum absolute atomic E-state index is 0.456. The molecule has 0 saturated carbocycles. The lowest BCUT2D eigenvalue weighted by Gasteiger charge is -2.50. The van der Waals surface area contributed by atoms with Crippen LogP contribution in [0, 0.1) is 20.8 Å². The summed E-state index contributed by atoms with van der Waals surface area (Å²) >= 11 is 0. The molecule has 0 aliphatic carbocycles. The highest BCUT2D eigenvalue weighted by atomic mass is 15.4. The molecule has 21 heavy (non-hydrogen) atoms. The van der Waals surface area contributed by atoms with Crippen molar-refractivity contribution in [2.45, 2.75) is 39.8 Å². The van der Waals surface area contributed by atoms with Crippen LogP contribution in [0.2, 0.25) is 0 Å². The number of piperazine rings is 3. The predicted octanol–water partition coefficient (Wildman–Crippen LogP) is 2.26. The third kappa shape index (κ3) is 2.87. The summed E-state index contributed by atoms with van der Waals surface area (Å²) in [6, 6.07) is 5.84. The lowest BCUT2D eigenvalue weighted by atomic mass is 9.89. The average molecular weight is 287 g/mol. The first-order valence-corrected chi connectivity index (χ1v) is 8.37. The lowest BCUT2D eigenvalue weighted by molar-refractivity contribution is -0.00352. The van der Waals surface area contributed by atoms with Crippen LogP contribution >= 0.6 is 0 Å². The molecule has 3 heteroatoms. The minimum atomic E-state index is 0.456. The Hall–Kier alpha value is -0.900. The van der Waals surface area contributed by atoms with E-state index in [1.165, 1.54) is 55.0 Å². The molecule has 1 aromatic rings. The molecule has 4 rings (SSSR count). The Morgan fingerprint density at radius 3 is 2.29 bits per heavy atom. The van der Waals surface area contributed by atoms with Crippen LogP contribution in [0.15, 0.2) is 12.1 Å². The van der Waals surface area contributed by atoms with Gasteiger partial charge in [0.1, 0.15) is 0 Å². The van der Waals surface area contributed by atoms with Crippen molar-refractivity contribution in [3.05, 3.63) is 34.4 Å². The highest BCUT2D eigenvalue weighted by Gasteiger charge is 2.37. The van der Waals surface area contributed by atoms with Crippen molar-refractivity contribution in [1.82, 2.24) is 15.1 Å². The summed E-state index contributed by atoms with van der Waals surface area (Å²) in [7, 11) is 0. The molecular weight excluding hydrogens is 258 g/mol. The van der Waals surface area contributed by atoms with E-state index in [1.54, 1.807) is 0 Å². The van der Waals surface area contributed by atoms with Gasteiger partial charge in [0.2, 0.25) is 0 Å². The summed E-state index contributed by atoms with van der Waals surface area (Å²) in [6.45, 7) is 16.1. The number of hydrogen-bond donors (Lipinski definition) is 1. The van der Waals surface area contributed by atoms with Crippen LogP contribution in [0.3, 0.4) is 0 Å². The van der Waals surface area contributed by atoms with Gasteiger partial charge in [0, 0.05) is 44.8 Å². The zero-order chi connectivity index (χ0) is 15.0. The zero-order valence-corrected chi connectivity index (χ0v) is 13.9. The maximum atomic E-state index is 3.77. The second-order valence-electron chi connectivity index (χ2n) is 6.73. The number of rotatable bonds is 4. The van der Waals surface area contributed by atoms with Gasteiger partial charge < -0.3 is 5.32 Å². The van der Waals surface area contributed by atoms with E-state index in [0.29, 0.717) is 12.1 Å². The van der Waals surface area contributed by atoms with Crippen molar-refractivity contribution in [2.24, 2.45) is 0 Å². The van der Waals surface area contributed by atoms with Gasteiger partial charge in [-0.3, -0.25) is 9.80 Å². The van der Waals surface area contributed by atoms with Crippen LogP contribution in [-0.2, 0) is 0 Å². The Morgan fingerprint density at radius 1 is 1.05 bits per heavy atom. The van der Waals surface area contributed by atoms with E-state index in [9.17, 15) is 0 Å². The standard InChI is InChI=1S/C18H29N3/c1-5-19-18(16-11-14(3)13(2)10-15(16)4)17-12-20-6-8-21(17)9-7-20/h10-11,17-19H,5-9,12H2,1-4H3. The van der Waals surface area contributed by atoms with E-state index in [4.69, 9.17) is 0 Å². The molecular formula is C18H29N3.